The minimum absolute atomic E-state index is 0.00417. The van der Waals surface area contributed by atoms with Crippen LogP contribution in [-0.4, -0.2) is 28.4 Å². The molecule has 4 nitrogen and oxygen atoms in total. The van der Waals surface area contributed by atoms with Crippen LogP contribution in [0.4, 0.5) is 0 Å². The Labute approximate surface area is 115 Å². The molecule has 19 heavy (non-hydrogen) atoms. The van der Waals surface area contributed by atoms with Crippen LogP contribution in [0.5, 0.6) is 0 Å². The van der Waals surface area contributed by atoms with Gasteiger partial charge in [-0.15, -0.1) is 11.3 Å². The van der Waals surface area contributed by atoms with E-state index in [-0.39, 0.29) is 23.9 Å². The summed E-state index contributed by atoms with van der Waals surface area (Å²) >= 11 is 1.58. The zero-order chi connectivity index (χ0) is 13.6. The van der Waals surface area contributed by atoms with Crippen molar-refractivity contribution in [1.82, 2.24) is 4.90 Å². The number of aryl methyl sites for hydroxylation is 1. The first-order valence-corrected chi connectivity index (χ1v) is 7.38. The molecular formula is C14H15NO3S. The standard InChI is InChI=1S/C14H15NO3S/c1-8-10-6-15(14(18)11(10)7-19-8)12-4-2-3-9(16)5-13(12)17/h7,12H,2-6H2,1H3/t12-/m0/s1. The minimum atomic E-state index is -0.407. The fourth-order valence-corrected chi connectivity index (χ4v) is 3.74. The number of hydrogen-bond donors (Lipinski definition) is 0. The highest BCUT2D eigenvalue weighted by molar-refractivity contribution is 7.10. The molecule has 1 atom stereocenters. The molecular weight excluding hydrogens is 262 g/mol. The van der Waals surface area contributed by atoms with Crippen LogP contribution in [0.2, 0.25) is 0 Å². The fourth-order valence-electron chi connectivity index (χ4n) is 2.89. The van der Waals surface area contributed by atoms with Crippen molar-refractivity contribution < 1.29 is 14.4 Å². The minimum Gasteiger partial charge on any atom is -0.324 e. The van der Waals surface area contributed by atoms with E-state index in [1.807, 2.05) is 12.3 Å². The van der Waals surface area contributed by atoms with Gasteiger partial charge in [0.1, 0.15) is 5.78 Å². The van der Waals surface area contributed by atoms with Crippen LogP contribution in [-0.2, 0) is 16.1 Å². The van der Waals surface area contributed by atoms with Gasteiger partial charge >= 0.3 is 0 Å². The van der Waals surface area contributed by atoms with Gasteiger partial charge in [-0.25, -0.2) is 0 Å². The Morgan fingerprint density at radius 3 is 2.84 bits per heavy atom. The summed E-state index contributed by atoms with van der Waals surface area (Å²) in [6.45, 7) is 2.52. The smallest absolute Gasteiger partial charge is 0.255 e. The lowest BCUT2D eigenvalue weighted by molar-refractivity contribution is -0.128. The number of nitrogens with zero attached hydrogens (tertiary/aromatic N) is 1. The second-order valence-corrected chi connectivity index (χ2v) is 6.29. The van der Waals surface area contributed by atoms with E-state index in [0.29, 0.717) is 25.8 Å². The largest absolute Gasteiger partial charge is 0.324 e. The quantitative estimate of drug-likeness (QED) is 0.583. The molecule has 0 bridgehead atoms. The number of amides is 1. The van der Waals surface area contributed by atoms with Crippen molar-refractivity contribution in [1.29, 1.82) is 0 Å². The molecule has 1 aliphatic carbocycles. The molecule has 1 aliphatic heterocycles. The topological polar surface area (TPSA) is 54.5 Å². The van der Waals surface area contributed by atoms with Crippen molar-refractivity contribution >= 4 is 28.8 Å². The average Bonchev–Trinajstić information content (AvgIpc) is 2.81. The Morgan fingerprint density at radius 1 is 1.32 bits per heavy atom. The van der Waals surface area contributed by atoms with E-state index < -0.39 is 6.04 Å². The maximum atomic E-state index is 12.3. The Bertz CT molecular complexity index is 575. The maximum absolute atomic E-state index is 12.3. The van der Waals surface area contributed by atoms with Crippen LogP contribution in [0, 0.1) is 6.92 Å². The van der Waals surface area contributed by atoms with Crippen molar-refractivity contribution in [2.24, 2.45) is 0 Å². The van der Waals surface area contributed by atoms with E-state index in [4.69, 9.17) is 0 Å². The first kappa shape index (κ1) is 12.5. The van der Waals surface area contributed by atoms with Gasteiger partial charge in [0.05, 0.1) is 18.0 Å². The fraction of sp³-hybridized carbons (Fsp3) is 0.500. The van der Waals surface area contributed by atoms with Gasteiger partial charge in [0.2, 0.25) is 0 Å². The predicted octanol–water partition coefficient (Wildman–Crippen LogP) is 2.09. The molecule has 5 heteroatoms. The molecule has 2 heterocycles. The number of rotatable bonds is 1. The third-order valence-electron chi connectivity index (χ3n) is 3.98. The Balaban J connectivity index is 1.86. The predicted molar refractivity (Wildman–Crippen MR) is 71.2 cm³/mol. The highest BCUT2D eigenvalue weighted by Crippen LogP contribution is 2.33. The summed E-state index contributed by atoms with van der Waals surface area (Å²) in [7, 11) is 0. The van der Waals surface area contributed by atoms with Gasteiger partial charge < -0.3 is 4.90 Å². The van der Waals surface area contributed by atoms with Crippen molar-refractivity contribution in [2.45, 2.75) is 45.2 Å². The zero-order valence-corrected chi connectivity index (χ0v) is 11.6. The van der Waals surface area contributed by atoms with Gasteiger partial charge in [0.15, 0.2) is 5.78 Å². The zero-order valence-electron chi connectivity index (χ0n) is 10.8. The molecule has 3 rings (SSSR count). The number of ketones is 2. The molecule has 0 aromatic carbocycles. The molecule has 0 N–H and O–H groups in total. The van der Waals surface area contributed by atoms with E-state index in [1.54, 1.807) is 16.2 Å². The van der Waals surface area contributed by atoms with Gasteiger partial charge in [-0.1, -0.05) is 0 Å². The third-order valence-corrected chi connectivity index (χ3v) is 4.93. The highest BCUT2D eigenvalue weighted by atomic mass is 32.1. The van der Waals surface area contributed by atoms with E-state index in [9.17, 15) is 14.4 Å². The first-order chi connectivity index (χ1) is 9.08. The highest BCUT2D eigenvalue weighted by Gasteiger charge is 2.38. The molecule has 1 fully saturated rings. The number of carbonyl (C=O) groups excluding carboxylic acids is 3. The number of hydrogen-bond acceptors (Lipinski definition) is 4. The van der Waals surface area contributed by atoms with Crippen LogP contribution in [0.3, 0.4) is 0 Å². The van der Waals surface area contributed by atoms with E-state index in [1.165, 1.54) is 0 Å². The number of carbonyl (C=O) groups is 3. The summed E-state index contributed by atoms with van der Waals surface area (Å²) in [6, 6.07) is -0.407. The van der Waals surface area contributed by atoms with E-state index in [2.05, 4.69) is 0 Å². The molecule has 2 aliphatic rings. The van der Waals surface area contributed by atoms with Crippen LogP contribution in [0.25, 0.3) is 0 Å². The first-order valence-electron chi connectivity index (χ1n) is 6.50. The van der Waals surface area contributed by atoms with Crippen LogP contribution < -0.4 is 0 Å². The van der Waals surface area contributed by atoms with E-state index >= 15 is 0 Å². The van der Waals surface area contributed by atoms with Crippen molar-refractivity contribution in [3.63, 3.8) is 0 Å². The Morgan fingerprint density at radius 2 is 2.11 bits per heavy atom. The molecule has 0 saturated heterocycles. The second kappa shape index (κ2) is 4.56. The van der Waals surface area contributed by atoms with Crippen molar-refractivity contribution in [3.05, 3.63) is 21.4 Å². The summed E-state index contributed by atoms with van der Waals surface area (Å²) in [5.41, 5.74) is 1.80. The molecule has 1 saturated carbocycles. The second-order valence-electron chi connectivity index (χ2n) is 5.21. The molecule has 0 radical (unpaired) electrons. The molecule has 0 unspecified atom stereocenters. The number of thiophene rings is 1. The third kappa shape index (κ3) is 2.02. The Hall–Kier alpha value is -1.49. The lowest BCUT2D eigenvalue weighted by atomic mass is 10.1. The van der Waals surface area contributed by atoms with Gasteiger partial charge in [-0.3, -0.25) is 14.4 Å². The Kier molecular flexibility index (Phi) is 3.01. The van der Waals surface area contributed by atoms with Gasteiger partial charge in [-0.2, -0.15) is 0 Å². The SMILES string of the molecule is Cc1scc2c1CN([C@H]1CCCC(=O)CC1=O)C2=O. The van der Waals surface area contributed by atoms with Crippen molar-refractivity contribution in [2.75, 3.05) is 0 Å². The lowest BCUT2D eigenvalue weighted by Crippen LogP contribution is -2.41. The summed E-state index contributed by atoms with van der Waals surface area (Å²) in [5.74, 6) is -0.140. The van der Waals surface area contributed by atoms with Crippen LogP contribution in [0.1, 0.15) is 46.5 Å². The van der Waals surface area contributed by atoms with E-state index in [0.717, 1.165) is 16.0 Å². The summed E-state index contributed by atoms with van der Waals surface area (Å²) in [6.07, 6.45) is 1.76. The molecule has 100 valence electrons. The lowest BCUT2D eigenvalue weighted by Gasteiger charge is -2.25. The van der Waals surface area contributed by atoms with Crippen molar-refractivity contribution in [3.8, 4) is 0 Å². The summed E-state index contributed by atoms with van der Waals surface area (Å²) < 4.78 is 0. The van der Waals surface area contributed by atoms with Gasteiger partial charge in [-0.05, 0) is 25.3 Å². The molecule has 1 aromatic rings. The monoisotopic (exact) mass is 277 g/mol. The molecule has 1 aromatic heterocycles. The van der Waals surface area contributed by atoms with Gasteiger partial charge in [0.25, 0.3) is 5.91 Å². The molecule has 0 spiro atoms. The van der Waals surface area contributed by atoms with Gasteiger partial charge in [0, 0.05) is 23.2 Å². The summed E-state index contributed by atoms with van der Waals surface area (Å²) in [4.78, 5) is 38.7. The number of fused-ring (bicyclic) bond motifs is 1. The number of Topliss-reactive ketones (excluding diaryl/α,β-unsaturated/α-hetero) is 2. The average molecular weight is 277 g/mol. The molecule has 1 amide bonds. The van der Waals surface area contributed by atoms with Crippen LogP contribution >= 0.6 is 11.3 Å². The summed E-state index contributed by atoms with van der Waals surface area (Å²) in [5, 5.41) is 1.87. The maximum Gasteiger partial charge on any atom is 0.255 e. The van der Waals surface area contributed by atoms with Crippen LogP contribution in [0.15, 0.2) is 5.38 Å². The normalized spacial score (nSPS) is 23.7.